The van der Waals surface area contributed by atoms with Gasteiger partial charge in [0.2, 0.25) is 0 Å². The van der Waals surface area contributed by atoms with E-state index in [1.807, 2.05) is 18.7 Å². The minimum atomic E-state index is -0.486. The molecule has 1 unspecified atom stereocenters. The monoisotopic (exact) mass is 321 g/mol. The van der Waals surface area contributed by atoms with Gasteiger partial charge in [0.1, 0.15) is 0 Å². The van der Waals surface area contributed by atoms with Crippen molar-refractivity contribution >= 4 is 5.91 Å². The summed E-state index contributed by atoms with van der Waals surface area (Å²) in [5, 5.41) is 10.0. The first-order valence-electron chi connectivity index (χ1n) is 8.27. The number of hydrogen-bond donors (Lipinski definition) is 1. The van der Waals surface area contributed by atoms with Gasteiger partial charge in [0.15, 0.2) is 0 Å². The molecule has 0 bridgehead atoms. The molecule has 6 heteroatoms. The summed E-state index contributed by atoms with van der Waals surface area (Å²) >= 11 is 0. The number of hydrogen-bond acceptors (Lipinski definition) is 5. The lowest BCUT2D eigenvalue weighted by molar-refractivity contribution is -0.00794. The molecule has 0 saturated carbocycles. The van der Waals surface area contributed by atoms with Gasteiger partial charge in [0.05, 0.1) is 18.8 Å². The van der Waals surface area contributed by atoms with Crippen molar-refractivity contribution in [3.8, 4) is 0 Å². The average molecular weight is 321 g/mol. The van der Waals surface area contributed by atoms with Crippen LogP contribution >= 0.6 is 0 Å². The molecule has 0 aromatic carbocycles. The van der Waals surface area contributed by atoms with Crippen molar-refractivity contribution in [2.24, 2.45) is 0 Å². The fourth-order valence-electron chi connectivity index (χ4n) is 2.69. The summed E-state index contributed by atoms with van der Waals surface area (Å²) in [6.07, 6.45) is 3.83. The highest BCUT2D eigenvalue weighted by Crippen LogP contribution is 2.09. The minimum Gasteiger partial charge on any atom is -0.389 e. The smallest absolute Gasteiger partial charge is 0.254 e. The molecule has 0 radical (unpaired) electrons. The summed E-state index contributed by atoms with van der Waals surface area (Å²) < 4.78 is 5.45. The average Bonchev–Trinajstić information content (AvgIpc) is 2.78. The van der Waals surface area contributed by atoms with E-state index in [1.54, 1.807) is 24.5 Å². The normalized spacial score (nSPS) is 18.0. The second-order valence-electron chi connectivity index (χ2n) is 6.22. The number of aromatic nitrogens is 1. The Bertz CT molecular complexity index is 481. The number of rotatable bonds is 6. The van der Waals surface area contributed by atoms with Gasteiger partial charge in [-0.05, 0) is 38.9 Å². The zero-order chi connectivity index (χ0) is 16.7. The third-order valence-corrected chi connectivity index (χ3v) is 3.89. The number of carbonyl (C=O) groups excluding carboxylic acids is 1. The molecule has 128 valence electrons. The number of carbonyl (C=O) groups is 1. The van der Waals surface area contributed by atoms with E-state index in [-0.39, 0.29) is 12.0 Å². The standard InChI is InChI=1S/C17H27N3O3/c1-14(2)23-13-16(21)12-19-8-3-9-20(11-10-19)17(22)15-4-6-18-7-5-15/h4-7,14,16,21H,3,8-13H2,1-2H3. The molecule has 1 N–H and O–H groups in total. The Balaban J connectivity index is 1.81. The molecule has 0 spiro atoms. The van der Waals surface area contributed by atoms with Crippen LogP contribution in [-0.2, 0) is 4.74 Å². The van der Waals surface area contributed by atoms with Gasteiger partial charge in [-0.2, -0.15) is 0 Å². The lowest BCUT2D eigenvalue weighted by Gasteiger charge is -2.24. The SMILES string of the molecule is CC(C)OCC(O)CN1CCCN(C(=O)c2ccncc2)CC1. The highest BCUT2D eigenvalue weighted by Gasteiger charge is 2.21. The van der Waals surface area contributed by atoms with Crippen LogP contribution in [0.3, 0.4) is 0 Å². The van der Waals surface area contributed by atoms with Crippen LogP contribution in [0.5, 0.6) is 0 Å². The van der Waals surface area contributed by atoms with Gasteiger partial charge in [0.25, 0.3) is 5.91 Å². The summed E-state index contributed by atoms with van der Waals surface area (Å²) in [4.78, 5) is 20.5. The van der Waals surface area contributed by atoms with E-state index in [0.29, 0.717) is 25.3 Å². The molecular weight excluding hydrogens is 294 g/mol. The van der Waals surface area contributed by atoms with Gasteiger partial charge in [-0.3, -0.25) is 14.7 Å². The van der Waals surface area contributed by atoms with Crippen molar-refractivity contribution in [3.05, 3.63) is 30.1 Å². The van der Waals surface area contributed by atoms with Gasteiger partial charge in [-0.25, -0.2) is 0 Å². The van der Waals surface area contributed by atoms with Crippen LogP contribution in [0.1, 0.15) is 30.6 Å². The Morgan fingerprint density at radius 3 is 2.70 bits per heavy atom. The fourth-order valence-corrected chi connectivity index (χ4v) is 2.69. The molecule has 1 aliphatic heterocycles. The molecule has 2 heterocycles. The molecule has 1 saturated heterocycles. The summed E-state index contributed by atoms with van der Waals surface area (Å²) in [7, 11) is 0. The number of aliphatic hydroxyl groups is 1. The summed E-state index contributed by atoms with van der Waals surface area (Å²) in [6, 6.07) is 3.50. The summed E-state index contributed by atoms with van der Waals surface area (Å²) in [5.74, 6) is 0.0536. The first-order chi connectivity index (χ1) is 11.1. The Morgan fingerprint density at radius 2 is 2.00 bits per heavy atom. The maximum Gasteiger partial charge on any atom is 0.254 e. The lowest BCUT2D eigenvalue weighted by atomic mass is 10.2. The van der Waals surface area contributed by atoms with Crippen LogP contribution in [0.15, 0.2) is 24.5 Å². The number of nitrogens with zero attached hydrogens (tertiary/aromatic N) is 3. The number of aliphatic hydroxyl groups excluding tert-OH is 1. The summed E-state index contributed by atoms with van der Waals surface area (Å²) in [5.41, 5.74) is 0.679. The van der Waals surface area contributed by atoms with Gasteiger partial charge < -0.3 is 14.7 Å². The zero-order valence-electron chi connectivity index (χ0n) is 14.0. The summed E-state index contributed by atoms with van der Waals surface area (Å²) in [6.45, 7) is 7.95. The molecule has 1 aromatic rings. The molecule has 1 amide bonds. The second-order valence-corrected chi connectivity index (χ2v) is 6.22. The Hall–Kier alpha value is -1.50. The Kier molecular flexibility index (Phi) is 6.95. The van der Waals surface area contributed by atoms with Crippen LogP contribution in [0.4, 0.5) is 0 Å². The zero-order valence-corrected chi connectivity index (χ0v) is 14.0. The predicted molar refractivity (Wildman–Crippen MR) is 88.3 cm³/mol. The Labute approximate surface area is 138 Å². The molecule has 1 aromatic heterocycles. The largest absolute Gasteiger partial charge is 0.389 e. The van der Waals surface area contributed by atoms with Crippen molar-refractivity contribution < 1.29 is 14.6 Å². The highest BCUT2D eigenvalue weighted by atomic mass is 16.5. The van der Waals surface area contributed by atoms with Crippen LogP contribution < -0.4 is 0 Å². The third-order valence-electron chi connectivity index (χ3n) is 3.89. The molecule has 1 atom stereocenters. The predicted octanol–water partition coefficient (Wildman–Crippen LogP) is 1.02. The van der Waals surface area contributed by atoms with E-state index in [2.05, 4.69) is 9.88 Å². The van der Waals surface area contributed by atoms with Crippen molar-refractivity contribution in [1.82, 2.24) is 14.8 Å². The first-order valence-corrected chi connectivity index (χ1v) is 8.27. The van der Waals surface area contributed by atoms with Gasteiger partial charge in [0, 0.05) is 44.1 Å². The number of amides is 1. The van der Waals surface area contributed by atoms with Crippen molar-refractivity contribution in [1.29, 1.82) is 0 Å². The number of pyridine rings is 1. The maximum absolute atomic E-state index is 12.5. The van der Waals surface area contributed by atoms with E-state index in [4.69, 9.17) is 4.74 Å². The van der Waals surface area contributed by atoms with Crippen LogP contribution in [0.25, 0.3) is 0 Å². The fraction of sp³-hybridized carbons (Fsp3) is 0.647. The van der Waals surface area contributed by atoms with Crippen molar-refractivity contribution in [2.75, 3.05) is 39.3 Å². The minimum absolute atomic E-state index is 0.0536. The molecule has 1 fully saturated rings. The molecular formula is C17H27N3O3. The Morgan fingerprint density at radius 1 is 1.26 bits per heavy atom. The lowest BCUT2D eigenvalue weighted by Crippen LogP contribution is -2.39. The van der Waals surface area contributed by atoms with Gasteiger partial charge in [-0.15, -0.1) is 0 Å². The third kappa shape index (κ3) is 5.89. The molecule has 23 heavy (non-hydrogen) atoms. The second kappa shape index (κ2) is 8.96. The number of ether oxygens (including phenoxy) is 1. The highest BCUT2D eigenvalue weighted by molar-refractivity contribution is 5.94. The van der Waals surface area contributed by atoms with E-state index in [0.717, 1.165) is 26.1 Å². The molecule has 2 rings (SSSR count). The van der Waals surface area contributed by atoms with E-state index < -0.39 is 6.10 Å². The van der Waals surface area contributed by atoms with Crippen LogP contribution in [0, 0.1) is 0 Å². The van der Waals surface area contributed by atoms with E-state index >= 15 is 0 Å². The molecule has 0 aliphatic carbocycles. The molecule has 1 aliphatic rings. The van der Waals surface area contributed by atoms with Crippen LogP contribution in [0.2, 0.25) is 0 Å². The quantitative estimate of drug-likeness (QED) is 0.847. The first kappa shape index (κ1) is 17.8. The van der Waals surface area contributed by atoms with Gasteiger partial charge in [-0.1, -0.05) is 0 Å². The number of β-amino-alcohol motifs (C(OH)–C–C–N with tert-alkyl or cyclic N) is 1. The van der Waals surface area contributed by atoms with Gasteiger partial charge >= 0.3 is 0 Å². The van der Waals surface area contributed by atoms with Crippen molar-refractivity contribution in [3.63, 3.8) is 0 Å². The topological polar surface area (TPSA) is 65.9 Å². The van der Waals surface area contributed by atoms with Crippen LogP contribution in [-0.4, -0.2) is 77.3 Å². The maximum atomic E-state index is 12.5. The van der Waals surface area contributed by atoms with E-state index in [9.17, 15) is 9.90 Å². The van der Waals surface area contributed by atoms with E-state index in [1.165, 1.54) is 0 Å². The van der Waals surface area contributed by atoms with Crippen molar-refractivity contribution in [2.45, 2.75) is 32.5 Å². The molecule has 6 nitrogen and oxygen atoms in total.